The van der Waals surface area contributed by atoms with Crippen LogP contribution in [0.1, 0.15) is 29.8 Å². The van der Waals surface area contributed by atoms with Crippen LogP contribution < -0.4 is 10.9 Å². The molecule has 30 heavy (non-hydrogen) atoms. The van der Waals surface area contributed by atoms with Gasteiger partial charge in [0.05, 0.1) is 5.02 Å². The first kappa shape index (κ1) is 22.0. The molecule has 3 rings (SSSR count). The van der Waals surface area contributed by atoms with E-state index in [1.807, 2.05) is 0 Å². The molecule has 9 heteroatoms. The molecule has 0 atom stereocenters. The third-order valence-corrected chi connectivity index (χ3v) is 7.26. The van der Waals surface area contributed by atoms with Gasteiger partial charge < -0.3 is 9.73 Å². The molecular formula is C21H21ClN2O5S. The van der Waals surface area contributed by atoms with Crippen molar-refractivity contribution in [2.45, 2.75) is 25.7 Å². The largest absolute Gasteiger partial charge is 0.423 e. The van der Waals surface area contributed by atoms with Crippen LogP contribution in [0.5, 0.6) is 0 Å². The number of nitrogens with one attached hydrogen (secondary N) is 1. The number of aryl methyl sites for hydroxylation is 1. The maximum atomic E-state index is 12.8. The number of rotatable bonds is 6. The van der Waals surface area contributed by atoms with Crippen LogP contribution in [0, 0.1) is 6.92 Å². The zero-order chi connectivity index (χ0) is 22.1. The predicted molar refractivity (Wildman–Crippen MR) is 117 cm³/mol. The summed E-state index contributed by atoms with van der Waals surface area (Å²) < 4.78 is 32.1. The third-order valence-electron chi connectivity index (χ3n) is 4.73. The monoisotopic (exact) mass is 448 g/mol. The Morgan fingerprint density at radius 2 is 1.80 bits per heavy atom. The van der Waals surface area contributed by atoms with Crippen molar-refractivity contribution < 1.29 is 17.6 Å². The SMILES string of the molecule is CCN(CC)S(=O)(=O)c1cc(C(=O)Nc2ccc3c(C)cc(=O)oc3c2)ccc1Cl. The van der Waals surface area contributed by atoms with Gasteiger partial charge in [-0.25, -0.2) is 13.2 Å². The second-order valence-corrected chi connectivity index (χ2v) is 8.96. The molecule has 0 saturated heterocycles. The lowest BCUT2D eigenvalue weighted by Crippen LogP contribution is -2.31. The highest BCUT2D eigenvalue weighted by Crippen LogP contribution is 2.27. The summed E-state index contributed by atoms with van der Waals surface area (Å²) in [5.41, 5.74) is 1.18. The molecule has 3 aromatic rings. The minimum absolute atomic E-state index is 0.0430. The fourth-order valence-corrected chi connectivity index (χ4v) is 5.11. The number of benzene rings is 2. The number of carbonyl (C=O) groups excluding carboxylic acids is 1. The Hall–Kier alpha value is -2.68. The summed E-state index contributed by atoms with van der Waals surface area (Å²) in [5.74, 6) is -0.517. The van der Waals surface area contributed by atoms with E-state index in [1.54, 1.807) is 39.0 Å². The van der Waals surface area contributed by atoms with Gasteiger partial charge in [0.25, 0.3) is 5.91 Å². The zero-order valence-electron chi connectivity index (χ0n) is 16.7. The Kier molecular flexibility index (Phi) is 6.30. The normalized spacial score (nSPS) is 11.8. The number of hydrogen-bond donors (Lipinski definition) is 1. The first-order chi connectivity index (χ1) is 14.2. The van der Waals surface area contributed by atoms with E-state index in [0.717, 1.165) is 10.9 Å². The molecule has 0 unspecified atom stereocenters. The summed E-state index contributed by atoms with van der Waals surface area (Å²) >= 11 is 6.12. The summed E-state index contributed by atoms with van der Waals surface area (Å²) in [6.07, 6.45) is 0. The fourth-order valence-electron chi connectivity index (χ4n) is 3.15. The van der Waals surface area contributed by atoms with Crippen molar-refractivity contribution in [3.05, 3.63) is 69.0 Å². The zero-order valence-corrected chi connectivity index (χ0v) is 18.3. The summed E-state index contributed by atoms with van der Waals surface area (Å²) in [6.45, 7) is 5.82. The standard InChI is InChI=1S/C21H21ClN2O5S/c1-4-24(5-2)30(27,28)19-11-14(6-9-17(19)22)21(26)23-15-7-8-16-13(3)10-20(25)29-18(16)12-15/h6-12H,4-5H2,1-3H3,(H,23,26). The van der Waals surface area contributed by atoms with E-state index in [2.05, 4.69) is 5.32 Å². The fraction of sp³-hybridized carbons (Fsp3) is 0.238. The molecule has 0 aliphatic heterocycles. The van der Waals surface area contributed by atoms with E-state index >= 15 is 0 Å². The van der Waals surface area contributed by atoms with Crippen LogP contribution >= 0.6 is 11.6 Å². The molecular weight excluding hydrogens is 428 g/mol. The van der Waals surface area contributed by atoms with Crippen LogP contribution in [0.2, 0.25) is 5.02 Å². The van der Waals surface area contributed by atoms with Crippen molar-refractivity contribution in [1.82, 2.24) is 4.31 Å². The number of carbonyl (C=O) groups is 1. The van der Waals surface area contributed by atoms with Gasteiger partial charge in [-0.3, -0.25) is 4.79 Å². The van der Waals surface area contributed by atoms with E-state index in [0.29, 0.717) is 11.3 Å². The molecule has 0 bridgehead atoms. The molecule has 1 N–H and O–H groups in total. The van der Waals surface area contributed by atoms with E-state index in [4.69, 9.17) is 16.0 Å². The molecule has 1 amide bonds. The Morgan fingerprint density at radius 1 is 1.10 bits per heavy atom. The van der Waals surface area contributed by atoms with Crippen molar-refractivity contribution >= 4 is 44.2 Å². The van der Waals surface area contributed by atoms with Gasteiger partial charge in [0, 0.05) is 41.9 Å². The molecule has 1 heterocycles. The Morgan fingerprint density at radius 3 is 2.47 bits per heavy atom. The van der Waals surface area contributed by atoms with Crippen LogP contribution in [0.15, 0.2) is 56.6 Å². The number of amides is 1. The number of anilines is 1. The minimum Gasteiger partial charge on any atom is -0.423 e. The number of sulfonamides is 1. The molecule has 0 spiro atoms. The van der Waals surface area contributed by atoms with Crippen molar-refractivity contribution in [3.63, 3.8) is 0 Å². The number of halogens is 1. The minimum atomic E-state index is -3.83. The molecule has 0 saturated carbocycles. The van der Waals surface area contributed by atoms with E-state index in [9.17, 15) is 18.0 Å². The van der Waals surface area contributed by atoms with Gasteiger partial charge in [-0.05, 0) is 42.8 Å². The molecule has 0 aliphatic carbocycles. The number of hydrogen-bond acceptors (Lipinski definition) is 5. The van der Waals surface area contributed by atoms with Gasteiger partial charge >= 0.3 is 5.63 Å². The Balaban J connectivity index is 1.95. The van der Waals surface area contributed by atoms with Gasteiger partial charge in [0.15, 0.2) is 0 Å². The second kappa shape index (κ2) is 8.59. The van der Waals surface area contributed by atoms with Gasteiger partial charge in [-0.1, -0.05) is 25.4 Å². The van der Waals surface area contributed by atoms with Gasteiger partial charge in [0.1, 0.15) is 10.5 Å². The number of nitrogens with zero attached hydrogens (tertiary/aromatic N) is 1. The lowest BCUT2D eigenvalue weighted by molar-refractivity contribution is 0.102. The van der Waals surface area contributed by atoms with Crippen molar-refractivity contribution in [3.8, 4) is 0 Å². The highest BCUT2D eigenvalue weighted by molar-refractivity contribution is 7.89. The van der Waals surface area contributed by atoms with Gasteiger partial charge in [0.2, 0.25) is 10.0 Å². The summed E-state index contributed by atoms with van der Waals surface area (Å²) in [6, 6.07) is 10.5. The predicted octanol–water partition coefficient (Wildman–Crippen LogP) is 4.04. The molecule has 1 aromatic heterocycles. The maximum Gasteiger partial charge on any atom is 0.336 e. The van der Waals surface area contributed by atoms with E-state index in [1.165, 1.54) is 28.6 Å². The first-order valence-corrected chi connectivity index (χ1v) is 11.1. The second-order valence-electron chi connectivity index (χ2n) is 6.65. The highest BCUT2D eigenvalue weighted by Gasteiger charge is 2.25. The van der Waals surface area contributed by atoms with E-state index < -0.39 is 21.6 Å². The molecule has 158 valence electrons. The average molecular weight is 449 g/mol. The summed E-state index contributed by atoms with van der Waals surface area (Å²) in [7, 11) is -3.83. The molecule has 0 radical (unpaired) electrons. The average Bonchev–Trinajstić information content (AvgIpc) is 2.68. The van der Waals surface area contributed by atoms with E-state index in [-0.39, 0.29) is 28.6 Å². The first-order valence-electron chi connectivity index (χ1n) is 9.33. The smallest absolute Gasteiger partial charge is 0.336 e. The van der Waals surface area contributed by atoms with Crippen molar-refractivity contribution in [1.29, 1.82) is 0 Å². The van der Waals surface area contributed by atoms with Crippen LogP contribution in [0.3, 0.4) is 0 Å². The van der Waals surface area contributed by atoms with Crippen molar-refractivity contribution in [2.75, 3.05) is 18.4 Å². The Labute approximate surface area is 179 Å². The number of fused-ring (bicyclic) bond motifs is 1. The van der Waals surface area contributed by atoms with Crippen LogP contribution in [0.25, 0.3) is 11.0 Å². The lowest BCUT2D eigenvalue weighted by atomic mass is 10.1. The maximum absolute atomic E-state index is 12.8. The molecule has 7 nitrogen and oxygen atoms in total. The molecule has 0 aliphatic rings. The van der Waals surface area contributed by atoms with Crippen molar-refractivity contribution in [2.24, 2.45) is 0 Å². The summed E-state index contributed by atoms with van der Waals surface area (Å²) in [5, 5.41) is 3.49. The quantitative estimate of drug-likeness (QED) is 0.574. The van der Waals surface area contributed by atoms with Gasteiger partial charge in [-0.15, -0.1) is 0 Å². The Bertz CT molecular complexity index is 1280. The lowest BCUT2D eigenvalue weighted by Gasteiger charge is -2.19. The topological polar surface area (TPSA) is 96.7 Å². The van der Waals surface area contributed by atoms with Crippen LogP contribution in [-0.4, -0.2) is 31.7 Å². The molecule has 2 aromatic carbocycles. The molecule has 0 fully saturated rings. The highest BCUT2D eigenvalue weighted by atomic mass is 35.5. The van der Waals surface area contributed by atoms with Crippen LogP contribution in [0.4, 0.5) is 5.69 Å². The van der Waals surface area contributed by atoms with Crippen LogP contribution in [-0.2, 0) is 10.0 Å². The van der Waals surface area contributed by atoms with Gasteiger partial charge in [-0.2, -0.15) is 4.31 Å². The third kappa shape index (κ3) is 4.26. The summed E-state index contributed by atoms with van der Waals surface area (Å²) in [4.78, 5) is 24.2.